The molecule has 0 unspecified atom stereocenters. The van der Waals surface area contributed by atoms with Crippen molar-refractivity contribution in [3.05, 3.63) is 48.0 Å². The van der Waals surface area contributed by atoms with Gasteiger partial charge in [-0.05, 0) is 50.3 Å². The van der Waals surface area contributed by atoms with Crippen LogP contribution >= 0.6 is 0 Å². The summed E-state index contributed by atoms with van der Waals surface area (Å²) in [5.41, 5.74) is 2.05. The van der Waals surface area contributed by atoms with Crippen LogP contribution in [-0.4, -0.2) is 27.1 Å². The molecule has 5 heteroatoms. The number of nitrogens with zero attached hydrogens (tertiary/aromatic N) is 2. The Morgan fingerprint density at radius 1 is 1.29 bits per heavy atom. The first-order chi connectivity index (χ1) is 13.4. The Labute approximate surface area is 167 Å². The minimum absolute atomic E-state index is 0.00124. The van der Waals surface area contributed by atoms with Gasteiger partial charge in [0, 0.05) is 42.9 Å². The fraction of sp³-hybridized carbons (Fsp3) is 0.565. The maximum atomic E-state index is 11.9. The number of ether oxygens (including phenoxy) is 1. The number of hydrogen-bond acceptors (Lipinski definition) is 3. The summed E-state index contributed by atoms with van der Waals surface area (Å²) >= 11 is 0. The van der Waals surface area contributed by atoms with E-state index in [0.29, 0.717) is 11.8 Å². The van der Waals surface area contributed by atoms with E-state index in [2.05, 4.69) is 53.0 Å². The minimum Gasteiger partial charge on any atom is -0.370 e. The zero-order chi connectivity index (χ0) is 19.9. The molecule has 0 bridgehead atoms. The molecule has 2 heterocycles. The molecule has 1 amide bonds. The Bertz CT molecular complexity index is 844. The van der Waals surface area contributed by atoms with E-state index in [-0.39, 0.29) is 23.7 Å². The zero-order valence-corrected chi connectivity index (χ0v) is 17.3. The van der Waals surface area contributed by atoms with Gasteiger partial charge in [-0.15, -0.1) is 0 Å². The molecule has 1 saturated heterocycles. The number of amides is 1. The van der Waals surface area contributed by atoms with Crippen LogP contribution in [0.4, 0.5) is 0 Å². The number of hydrogen-bond donors (Lipinski definition) is 1. The second-order valence-corrected chi connectivity index (χ2v) is 8.93. The predicted molar refractivity (Wildman–Crippen MR) is 109 cm³/mol. The molecule has 5 atom stereocenters. The molecule has 1 aliphatic heterocycles. The van der Waals surface area contributed by atoms with Crippen LogP contribution in [0.2, 0.25) is 0 Å². The molecule has 2 aliphatic rings. The molecule has 1 aromatic carbocycles. The maximum Gasteiger partial charge on any atom is 0.217 e. The molecule has 2 aromatic rings. The third-order valence-electron chi connectivity index (χ3n) is 6.65. The molecule has 0 spiro atoms. The number of carbonyl (C=O) groups excluding carboxylic acids is 1. The van der Waals surface area contributed by atoms with Crippen LogP contribution in [0.5, 0.6) is 0 Å². The number of carbonyl (C=O) groups is 1. The third-order valence-corrected chi connectivity index (χ3v) is 6.65. The lowest BCUT2D eigenvalue weighted by molar-refractivity contribution is -0.153. The van der Waals surface area contributed by atoms with Gasteiger partial charge in [-0.25, -0.2) is 4.98 Å². The van der Waals surface area contributed by atoms with Crippen LogP contribution < -0.4 is 5.32 Å². The van der Waals surface area contributed by atoms with E-state index >= 15 is 0 Å². The van der Waals surface area contributed by atoms with Gasteiger partial charge in [-0.3, -0.25) is 4.79 Å². The van der Waals surface area contributed by atoms with Gasteiger partial charge in [0.15, 0.2) is 0 Å². The van der Waals surface area contributed by atoms with E-state index < -0.39 is 0 Å². The van der Waals surface area contributed by atoms with E-state index in [1.165, 1.54) is 12.0 Å². The van der Waals surface area contributed by atoms with Gasteiger partial charge in [-0.1, -0.05) is 25.5 Å². The van der Waals surface area contributed by atoms with Crippen LogP contribution in [0.25, 0.3) is 5.69 Å². The van der Waals surface area contributed by atoms with Crippen molar-refractivity contribution in [3.63, 3.8) is 0 Å². The molecule has 1 aromatic heterocycles. The van der Waals surface area contributed by atoms with Crippen molar-refractivity contribution in [2.75, 3.05) is 0 Å². The van der Waals surface area contributed by atoms with Crippen molar-refractivity contribution in [1.82, 2.24) is 14.9 Å². The smallest absolute Gasteiger partial charge is 0.217 e. The Morgan fingerprint density at radius 3 is 2.68 bits per heavy atom. The van der Waals surface area contributed by atoms with Gasteiger partial charge >= 0.3 is 0 Å². The Kier molecular flexibility index (Phi) is 5.04. The molecule has 1 saturated carbocycles. The lowest BCUT2D eigenvalue weighted by Gasteiger charge is -2.52. The van der Waals surface area contributed by atoms with Crippen molar-refractivity contribution in [3.8, 4) is 5.69 Å². The summed E-state index contributed by atoms with van der Waals surface area (Å²) in [6.45, 7) is 8.14. The molecule has 1 aliphatic carbocycles. The third kappa shape index (κ3) is 3.60. The number of benzene rings is 1. The van der Waals surface area contributed by atoms with Crippen LogP contribution in [0.15, 0.2) is 36.7 Å². The van der Waals surface area contributed by atoms with E-state index in [9.17, 15) is 4.79 Å². The summed E-state index contributed by atoms with van der Waals surface area (Å²) in [5.74, 6) is 2.08. The number of rotatable bonds is 3. The average molecular weight is 382 g/mol. The van der Waals surface area contributed by atoms with E-state index in [4.69, 9.17) is 4.74 Å². The molecule has 150 valence electrons. The highest BCUT2D eigenvalue weighted by Crippen LogP contribution is 2.47. The minimum atomic E-state index is -0.223. The van der Waals surface area contributed by atoms with E-state index in [0.717, 1.165) is 30.8 Å². The molecule has 2 fully saturated rings. The van der Waals surface area contributed by atoms with Gasteiger partial charge in [0.1, 0.15) is 5.82 Å². The van der Waals surface area contributed by atoms with Gasteiger partial charge < -0.3 is 14.6 Å². The van der Waals surface area contributed by atoms with Crippen molar-refractivity contribution >= 4 is 5.91 Å². The van der Waals surface area contributed by atoms with Crippen molar-refractivity contribution < 1.29 is 9.53 Å². The van der Waals surface area contributed by atoms with Crippen molar-refractivity contribution in [2.24, 2.45) is 11.8 Å². The molecule has 5 nitrogen and oxygen atoms in total. The molecule has 1 N–H and O–H groups in total. The highest BCUT2D eigenvalue weighted by Gasteiger charge is 2.49. The van der Waals surface area contributed by atoms with Crippen molar-refractivity contribution in [1.29, 1.82) is 0 Å². The van der Waals surface area contributed by atoms with Gasteiger partial charge in [0.2, 0.25) is 5.91 Å². The van der Waals surface area contributed by atoms with Crippen LogP contribution in [0, 0.1) is 18.8 Å². The van der Waals surface area contributed by atoms with Crippen molar-refractivity contribution in [2.45, 2.75) is 71.1 Å². The topological polar surface area (TPSA) is 56.2 Å². The number of imidazole rings is 1. The number of fused-ring (bicyclic) bond motifs is 1. The first-order valence-electron chi connectivity index (χ1n) is 10.4. The van der Waals surface area contributed by atoms with E-state index in [1.807, 2.05) is 19.3 Å². The monoisotopic (exact) mass is 381 g/mol. The predicted octanol–water partition coefficient (Wildman–Crippen LogP) is 4.34. The SMILES string of the molecule is CC(=O)N[C@]1(C)C[C@H](c2ccc(-n3ccnc3C)cc2)O[C@@H]2C[C@H](C)CC[C@H]21. The fourth-order valence-corrected chi connectivity index (χ4v) is 5.25. The lowest BCUT2D eigenvalue weighted by Crippen LogP contribution is -2.60. The molecule has 28 heavy (non-hydrogen) atoms. The highest BCUT2D eigenvalue weighted by molar-refractivity contribution is 5.73. The van der Waals surface area contributed by atoms with Gasteiger partial charge in [0.05, 0.1) is 12.2 Å². The largest absolute Gasteiger partial charge is 0.370 e. The Balaban J connectivity index is 1.60. The standard InChI is InChI=1S/C23H31N3O2/c1-15-5-10-20-21(13-15)28-22(14-23(20,4)25-17(3)27)18-6-8-19(9-7-18)26-12-11-24-16(26)2/h6-9,11-12,15,20-22H,5,10,13-14H2,1-4H3,(H,25,27)/t15-,20-,21-,22-,23-/m1/s1. The first kappa shape index (κ1) is 19.2. The van der Waals surface area contributed by atoms with E-state index in [1.54, 1.807) is 6.92 Å². The van der Waals surface area contributed by atoms with Crippen LogP contribution in [0.1, 0.15) is 63.9 Å². The summed E-state index contributed by atoms with van der Waals surface area (Å²) in [6.07, 6.45) is 8.21. The molecule has 0 radical (unpaired) electrons. The summed E-state index contributed by atoms with van der Waals surface area (Å²) in [5, 5.41) is 3.28. The normalized spacial score (nSPS) is 32.6. The number of aromatic nitrogens is 2. The van der Waals surface area contributed by atoms with Crippen LogP contribution in [-0.2, 0) is 9.53 Å². The second kappa shape index (κ2) is 7.36. The summed E-state index contributed by atoms with van der Waals surface area (Å²) in [6, 6.07) is 8.55. The fourth-order valence-electron chi connectivity index (χ4n) is 5.25. The Morgan fingerprint density at radius 2 is 2.04 bits per heavy atom. The zero-order valence-electron chi connectivity index (χ0n) is 17.3. The summed E-state index contributed by atoms with van der Waals surface area (Å²) in [7, 11) is 0. The quantitative estimate of drug-likeness (QED) is 0.860. The summed E-state index contributed by atoms with van der Waals surface area (Å²) in [4.78, 5) is 16.2. The van der Waals surface area contributed by atoms with Crippen LogP contribution in [0.3, 0.4) is 0 Å². The lowest BCUT2D eigenvalue weighted by atomic mass is 9.66. The summed E-state index contributed by atoms with van der Waals surface area (Å²) < 4.78 is 8.68. The molecule has 4 rings (SSSR count). The van der Waals surface area contributed by atoms with Gasteiger partial charge in [0.25, 0.3) is 0 Å². The number of nitrogens with one attached hydrogen (secondary N) is 1. The van der Waals surface area contributed by atoms with Gasteiger partial charge in [-0.2, -0.15) is 0 Å². The molecular weight excluding hydrogens is 350 g/mol. The maximum absolute atomic E-state index is 11.9. The molecular formula is C23H31N3O2. The average Bonchev–Trinajstić information content (AvgIpc) is 3.06. The highest BCUT2D eigenvalue weighted by atomic mass is 16.5. The second-order valence-electron chi connectivity index (χ2n) is 8.93. The first-order valence-corrected chi connectivity index (χ1v) is 10.4. The number of aryl methyl sites for hydroxylation is 1. The Hall–Kier alpha value is -2.14.